The highest BCUT2D eigenvalue weighted by Crippen LogP contribution is 2.29. The Hall–Kier alpha value is -2.79. The maximum Gasteiger partial charge on any atom is 0.229 e. The monoisotopic (exact) mass is 368 g/mol. The molecule has 0 atom stereocenters. The number of rotatable bonds is 6. The Kier molecular flexibility index (Phi) is 5.58. The van der Waals surface area contributed by atoms with Crippen LogP contribution in [0.25, 0.3) is 11.3 Å². The highest BCUT2D eigenvalue weighted by atomic mass is 35.5. The summed E-state index contributed by atoms with van der Waals surface area (Å²) in [6.45, 7) is 4.14. The second-order valence-electron chi connectivity index (χ2n) is 6.10. The van der Waals surface area contributed by atoms with Crippen LogP contribution in [0.5, 0.6) is 5.75 Å². The van der Waals surface area contributed by atoms with E-state index in [1.54, 1.807) is 19.2 Å². The van der Waals surface area contributed by atoms with E-state index in [1.165, 1.54) is 0 Å². The van der Waals surface area contributed by atoms with Crippen molar-refractivity contribution in [3.63, 3.8) is 0 Å². The van der Waals surface area contributed by atoms with Crippen molar-refractivity contribution in [3.05, 3.63) is 59.6 Å². The fourth-order valence-corrected chi connectivity index (χ4v) is 2.76. The number of nitrogens with one attached hydrogen (secondary N) is 2. The standard InChI is InChI=1S/C20H21ClN4O/c1-13(2)22-19-12-17(14-7-5-4-6-8-14)24-20(25-19)23-15-9-10-18(26-3)16(21)11-15/h4-13H,1-3H3,(H2,22,23,24,25). The summed E-state index contributed by atoms with van der Waals surface area (Å²) in [6, 6.07) is 17.7. The van der Waals surface area contributed by atoms with Crippen molar-refractivity contribution >= 4 is 29.1 Å². The Morgan fingerprint density at radius 3 is 2.42 bits per heavy atom. The lowest BCUT2D eigenvalue weighted by atomic mass is 10.1. The average Bonchev–Trinajstić information content (AvgIpc) is 2.62. The van der Waals surface area contributed by atoms with Crippen LogP contribution in [0.4, 0.5) is 17.5 Å². The molecular weight excluding hydrogens is 348 g/mol. The zero-order chi connectivity index (χ0) is 18.5. The smallest absolute Gasteiger partial charge is 0.229 e. The zero-order valence-corrected chi connectivity index (χ0v) is 15.7. The third-order valence-corrected chi connectivity index (χ3v) is 3.94. The molecule has 3 rings (SSSR count). The molecule has 3 aromatic rings. The molecule has 0 unspecified atom stereocenters. The van der Waals surface area contributed by atoms with E-state index in [0.29, 0.717) is 16.7 Å². The summed E-state index contributed by atoms with van der Waals surface area (Å²) in [5.41, 5.74) is 2.65. The summed E-state index contributed by atoms with van der Waals surface area (Å²) in [4.78, 5) is 9.20. The van der Waals surface area contributed by atoms with Gasteiger partial charge in [-0.3, -0.25) is 0 Å². The van der Waals surface area contributed by atoms with Gasteiger partial charge in [-0.25, -0.2) is 4.98 Å². The number of anilines is 3. The van der Waals surface area contributed by atoms with Gasteiger partial charge in [-0.15, -0.1) is 0 Å². The van der Waals surface area contributed by atoms with Gasteiger partial charge in [0.2, 0.25) is 5.95 Å². The molecule has 2 N–H and O–H groups in total. The van der Waals surface area contributed by atoms with Crippen molar-refractivity contribution in [2.75, 3.05) is 17.7 Å². The average molecular weight is 369 g/mol. The van der Waals surface area contributed by atoms with Crippen LogP contribution in [0, 0.1) is 0 Å². The minimum Gasteiger partial charge on any atom is -0.495 e. The number of hydrogen-bond donors (Lipinski definition) is 2. The summed E-state index contributed by atoms with van der Waals surface area (Å²) in [7, 11) is 1.59. The van der Waals surface area contributed by atoms with Crippen LogP contribution in [0.1, 0.15) is 13.8 Å². The SMILES string of the molecule is COc1ccc(Nc2nc(NC(C)C)cc(-c3ccccc3)n2)cc1Cl. The van der Waals surface area contributed by atoms with Gasteiger partial charge in [-0.2, -0.15) is 4.98 Å². The molecule has 0 amide bonds. The Morgan fingerprint density at radius 1 is 1.00 bits per heavy atom. The fourth-order valence-electron chi connectivity index (χ4n) is 2.50. The quantitative estimate of drug-likeness (QED) is 0.612. The van der Waals surface area contributed by atoms with Crippen LogP contribution in [0.3, 0.4) is 0 Å². The lowest BCUT2D eigenvalue weighted by Gasteiger charge is -2.14. The highest BCUT2D eigenvalue weighted by molar-refractivity contribution is 6.32. The molecule has 26 heavy (non-hydrogen) atoms. The third-order valence-electron chi connectivity index (χ3n) is 3.64. The number of aromatic nitrogens is 2. The van der Waals surface area contributed by atoms with E-state index in [0.717, 1.165) is 22.8 Å². The van der Waals surface area contributed by atoms with Crippen LogP contribution in [-0.2, 0) is 0 Å². The number of methoxy groups -OCH3 is 1. The first kappa shape index (κ1) is 18.0. The Balaban J connectivity index is 1.96. The van der Waals surface area contributed by atoms with Crippen LogP contribution < -0.4 is 15.4 Å². The van der Waals surface area contributed by atoms with Gasteiger partial charge in [0.1, 0.15) is 11.6 Å². The first-order valence-corrected chi connectivity index (χ1v) is 8.74. The Bertz CT molecular complexity index is 884. The molecule has 5 nitrogen and oxygen atoms in total. The van der Waals surface area contributed by atoms with Crippen molar-refractivity contribution in [2.24, 2.45) is 0 Å². The maximum absolute atomic E-state index is 6.20. The van der Waals surface area contributed by atoms with Gasteiger partial charge in [-0.05, 0) is 32.0 Å². The Morgan fingerprint density at radius 2 is 1.77 bits per heavy atom. The molecule has 1 aromatic heterocycles. The van der Waals surface area contributed by atoms with E-state index in [2.05, 4.69) is 34.4 Å². The van der Waals surface area contributed by atoms with Gasteiger partial charge in [0.15, 0.2) is 0 Å². The normalized spacial score (nSPS) is 10.7. The minimum absolute atomic E-state index is 0.261. The second-order valence-corrected chi connectivity index (χ2v) is 6.51. The van der Waals surface area contributed by atoms with E-state index in [9.17, 15) is 0 Å². The molecular formula is C20H21ClN4O. The van der Waals surface area contributed by atoms with Gasteiger partial charge in [0, 0.05) is 23.4 Å². The molecule has 1 heterocycles. The van der Waals surface area contributed by atoms with Crippen molar-refractivity contribution < 1.29 is 4.74 Å². The molecule has 0 fully saturated rings. The molecule has 0 saturated carbocycles. The zero-order valence-electron chi connectivity index (χ0n) is 15.0. The van der Waals surface area contributed by atoms with Gasteiger partial charge >= 0.3 is 0 Å². The first-order valence-electron chi connectivity index (χ1n) is 8.37. The van der Waals surface area contributed by atoms with E-state index in [4.69, 9.17) is 16.3 Å². The summed E-state index contributed by atoms with van der Waals surface area (Å²) in [5.74, 6) is 1.88. The van der Waals surface area contributed by atoms with Gasteiger partial charge in [0.25, 0.3) is 0 Å². The second kappa shape index (κ2) is 8.06. The van der Waals surface area contributed by atoms with Crippen molar-refractivity contribution in [1.82, 2.24) is 9.97 Å². The summed E-state index contributed by atoms with van der Waals surface area (Å²) < 4.78 is 5.19. The molecule has 2 aromatic carbocycles. The first-order chi connectivity index (χ1) is 12.5. The molecule has 0 radical (unpaired) electrons. The van der Waals surface area contributed by atoms with Crippen LogP contribution >= 0.6 is 11.6 Å². The predicted octanol–water partition coefficient (Wildman–Crippen LogP) is 5.37. The predicted molar refractivity (Wildman–Crippen MR) is 108 cm³/mol. The number of hydrogen-bond acceptors (Lipinski definition) is 5. The van der Waals surface area contributed by atoms with Crippen LogP contribution in [0.15, 0.2) is 54.6 Å². The molecule has 134 valence electrons. The molecule has 0 aliphatic rings. The third kappa shape index (κ3) is 4.43. The van der Waals surface area contributed by atoms with E-state index >= 15 is 0 Å². The maximum atomic E-state index is 6.20. The summed E-state index contributed by atoms with van der Waals surface area (Å²) in [5, 5.41) is 7.08. The lowest BCUT2D eigenvalue weighted by molar-refractivity contribution is 0.415. The molecule has 0 aliphatic heterocycles. The molecule has 0 aliphatic carbocycles. The summed E-state index contributed by atoms with van der Waals surface area (Å²) in [6.07, 6.45) is 0. The van der Waals surface area contributed by atoms with Crippen LogP contribution in [0.2, 0.25) is 5.02 Å². The Labute approximate surface area is 158 Å². The number of ether oxygens (including phenoxy) is 1. The van der Waals surface area contributed by atoms with E-state index in [1.807, 2.05) is 42.5 Å². The lowest BCUT2D eigenvalue weighted by Crippen LogP contribution is -2.12. The van der Waals surface area contributed by atoms with Crippen molar-refractivity contribution in [1.29, 1.82) is 0 Å². The van der Waals surface area contributed by atoms with E-state index < -0.39 is 0 Å². The van der Waals surface area contributed by atoms with Crippen LogP contribution in [-0.4, -0.2) is 23.1 Å². The summed E-state index contributed by atoms with van der Waals surface area (Å²) >= 11 is 6.20. The van der Waals surface area contributed by atoms with Gasteiger partial charge in [0.05, 0.1) is 17.8 Å². The van der Waals surface area contributed by atoms with Crippen molar-refractivity contribution in [2.45, 2.75) is 19.9 Å². The topological polar surface area (TPSA) is 59.1 Å². The van der Waals surface area contributed by atoms with Gasteiger partial charge in [-0.1, -0.05) is 41.9 Å². The largest absolute Gasteiger partial charge is 0.495 e. The molecule has 6 heteroatoms. The van der Waals surface area contributed by atoms with Crippen molar-refractivity contribution in [3.8, 4) is 17.0 Å². The molecule has 0 spiro atoms. The molecule has 0 saturated heterocycles. The van der Waals surface area contributed by atoms with Gasteiger partial charge < -0.3 is 15.4 Å². The number of benzene rings is 2. The number of nitrogens with zero attached hydrogens (tertiary/aromatic N) is 2. The minimum atomic E-state index is 0.261. The fraction of sp³-hybridized carbons (Fsp3) is 0.200. The number of halogens is 1. The highest BCUT2D eigenvalue weighted by Gasteiger charge is 2.09. The van der Waals surface area contributed by atoms with E-state index in [-0.39, 0.29) is 6.04 Å². The molecule has 0 bridgehead atoms.